The maximum atomic E-state index is 11.7. The molecule has 0 saturated carbocycles. The highest BCUT2D eigenvalue weighted by atomic mass is 35.5. The van der Waals surface area contributed by atoms with Gasteiger partial charge < -0.3 is 15.8 Å². The number of piperidine rings is 1. The number of amides is 1. The number of methoxy groups -OCH3 is 1. The quantitative estimate of drug-likeness (QED) is 0.749. The Balaban J connectivity index is 0.00000243. The van der Waals surface area contributed by atoms with Crippen LogP contribution in [-0.4, -0.2) is 48.6 Å². The lowest BCUT2D eigenvalue weighted by molar-refractivity contribution is -0.121. The summed E-state index contributed by atoms with van der Waals surface area (Å²) in [6.07, 6.45) is 3.92. The monoisotopic (exact) mass is 398 g/mol. The molecule has 8 heteroatoms. The van der Waals surface area contributed by atoms with Gasteiger partial charge in [-0.2, -0.15) is 0 Å². The standard InChI is InChI=1S/C18H26N4O2S.ClH/c1-24-14-5-6-15-16(10-14)25-18(21-15)12-22-9-3-2-4-13(22)11-20-17(23)7-8-19;/h5-6,10,13H,2-4,7-9,11-12,19H2,1H3,(H,20,23);1H. The summed E-state index contributed by atoms with van der Waals surface area (Å²) in [6, 6.07) is 6.37. The second-order valence-corrected chi connectivity index (χ2v) is 7.52. The van der Waals surface area contributed by atoms with Crippen molar-refractivity contribution in [1.29, 1.82) is 0 Å². The van der Waals surface area contributed by atoms with Crippen molar-refractivity contribution >= 4 is 39.9 Å². The molecule has 3 N–H and O–H groups in total. The van der Waals surface area contributed by atoms with Crippen molar-refractivity contribution in [1.82, 2.24) is 15.2 Å². The second kappa shape index (κ2) is 10.1. The Hall–Kier alpha value is -1.41. The van der Waals surface area contributed by atoms with Crippen LogP contribution in [-0.2, 0) is 11.3 Å². The topological polar surface area (TPSA) is 80.5 Å². The number of nitrogens with one attached hydrogen (secondary N) is 1. The number of nitrogens with two attached hydrogens (primary N) is 1. The minimum Gasteiger partial charge on any atom is -0.497 e. The van der Waals surface area contributed by atoms with Crippen LogP contribution in [0, 0.1) is 0 Å². The number of ether oxygens (including phenoxy) is 1. The number of aromatic nitrogens is 1. The van der Waals surface area contributed by atoms with Crippen LogP contribution >= 0.6 is 23.7 Å². The maximum absolute atomic E-state index is 11.7. The summed E-state index contributed by atoms with van der Waals surface area (Å²) in [6.45, 7) is 2.97. The van der Waals surface area contributed by atoms with Gasteiger partial charge >= 0.3 is 0 Å². The summed E-state index contributed by atoms with van der Waals surface area (Å²) < 4.78 is 6.44. The maximum Gasteiger partial charge on any atom is 0.221 e. The molecular formula is C18H27ClN4O2S. The van der Waals surface area contributed by atoms with Crippen molar-refractivity contribution in [3.8, 4) is 5.75 Å². The van der Waals surface area contributed by atoms with E-state index < -0.39 is 0 Å². The van der Waals surface area contributed by atoms with Gasteiger partial charge in [-0.3, -0.25) is 9.69 Å². The number of hydrogen-bond acceptors (Lipinski definition) is 6. The van der Waals surface area contributed by atoms with E-state index in [0.717, 1.165) is 40.5 Å². The zero-order chi connectivity index (χ0) is 17.6. The fourth-order valence-corrected chi connectivity index (χ4v) is 4.29. The Morgan fingerprint density at radius 3 is 3.08 bits per heavy atom. The molecule has 1 aliphatic heterocycles. The third-order valence-electron chi connectivity index (χ3n) is 4.63. The van der Waals surface area contributed by atoms with Gasteiger partial charge in [0.05, 0.1) is 23.9 Å². The molecule has 26 heavy (non-hydrogen) atoms. The molecule has 1 unspecified atom stereocenters. The number of rotatable bonds is 7. The molecule has 2 heterocycles. The minimum absolute atomic E-state index is 0. The number of nitrogens with zero attached hydrogens (tertiary/aromatic N) is 2. The lowest BCUT2D eigenvalue weighted by atomic mass is 10.0. The van der Waals surface area contributed by atoms with Crippen molar-refractivity contribution in [2.24, 2.45) is 5.73 Å². The van der Waals surface area contributed by atoms with Crippen molar-refractivity contribution in [2.45, 2.75) is 38.3 Å². The van der Waals surface area contributed by atoms with Gasteiger partial charge in [-0.25, -0.2) is 4.98 Å². The molecule has 0 bridgehead atoms. The average Bonchev–Trinajstić information content (AvgIpc) is 3.02. The molecule has 1 atom stereocenters. The smallest absolute Gasteiger partial charge is 0.221 e. The van der Waals surface area contributed by atoms with Crippen LogP contribution in [0.15, 0.2) is 18.2 Å². The third-order valence-corrected chi connectivity index (χ3v) is 5.64. The average molecular weight is 399 g/mol. The van der Waals surface area contributed by atoms with E-state index in [4.69, 9.17) is 15.5 Å². The molecule has 1 aromatic heterocycles. The largest absolute Gasteiger partial charge is 0.497 e. The number of thiazole rings is 1. The van der Waals surface area contributed by atoms with E-state index in [-0.39, 0.29) is 18.3 Å². The SMILES string of the molecule is COc1ccc2nc(CN3CCCCC3CNC(=O)CCN)sc2c1.Cl. The molecule has 6 nitrogen and oxygen atoms in total. The molecular weight excluding hydrogens is 372 g/mol. The number of halogens is 1. The number of likely N-dealkylation sites (tertiary alicyclic amines) is 1. The Morgan fingerprint density at radius 1 is 1.46 bits per heavy atom. The Bertz CT molecular complexity index is 724. The lowest BCUT2D eigenvalue weighted by Gasteiger charge is -2.35. The summed E-state index contributed by atoms with van der Waals surface area (Å²) in [5, 5.41) is 4.13. The van der Waals surface area contributed by atoms with Crippen LogP contribution in [0.1, 0.15) is 30.7 Å². The molecule has 3 rings (SSSR count). The first-order valence-corrected chi connectivity index (χ1v) is 9.65. The van der Waals surface area contributed by atoms with E-state index in [1.54, 1.807) is 18.4 Å². The molecule has 0 aliphatic carbocycles. The summed E-state index contributed by atoms with van der Waals surface area (Å²) in [7, 11) is 1.68. The highest BCUT2D eigenvalue weighted by Crippen LogP contribution is 2.28. The number of fused-ring (bicyclic) bond motifs is 1. The van der Waals surface area contributed by atoms with Gasteiger partial charge in [0.2, 0.25) is 5.91 Å². The van der Waals surface area contributed by atoms with Gasteiger partial charge in [0.15, 0.2) is 0 Å². The number of benzene rings is 1. The van der Waals surface area contributed by atoms with E-state index in [0.29, 0.717) is 25.6 Å². The molecule has 1 aromatic carbocycles. The predicted octanol–water partition coefficient (Wildman–Crippen LogP) is 2.55. The molecule has 0 radical (unpaired) electrons. The normalized spacial score (nSPS) is 17.7. The summed E-state index contributed by atoms with van der Waals surface area (Å²) in [4.78, 5) is 18.9. The second-order valence-electron chi connectivity index (χ2n) is 6.40. The third kappa shape index (κ3) is 5.30. The van der Waals surface area contributed by atoms with Crippen LogP contribution in [0.25, 0.3) is 10.2 Å². The highest BCUT2D eigenvalue weighted by Gasteiger charge is 2.24. The van der Waals surface area contributed by atoms with Gasteiger partial charge in [0, 0.05) is 25.6 Å². The molecule has 1 amide bonds. The Morgan fingerprint density at radius 2 is 2.31 bits per heavy atom. The van der Waals surface area contributed by atoms with E-state index in [1.807, 2.05) is 18.2 Å². The number of carbonyl (C=O) groups is 1. The highest BCUT2D eigenvalue weighted by molar-refractivity contribution is 7.18. The first-order valence-electron chi connectivity index (χ1n) is 8.84. The Kier molecular flexibility index (Phi) is 8.09. The number of hydrogen-bond donors (Lipinski definition) is 2. The summed E-state index contributed by atoms with van der Waals surface area (Å²) in [5.41, 5.74) is 6.46. The zero-order valence-corrected chi connectivity index (χ0v) is 16.7. The van der Waals surface area contributed by atoms with Crippen LogP contribution in [0.4, 0.5) is 0 Å². The first-order chi connectivity index (χ1) is 12.2. The van der Waals surface area contributed by atoms with Gasteiger partial charge in [-0.15, -0.1) is 23.7 Å². The van der Waals surface area contributed by atoms with Crippen molar-refractivity contribution in [3.63, 3.8) is 0 Å². The van der Waals surface area contributed by atoms with Gasteiger partial charge in [-0.1, -0.05) is 6.42 Å². The summed E-state index contributed by atoms with van der Waals surface area (Å²) >= 11 is 1.72. The molecule has 0 spiro atoms. The van der Waals surface area contributed by atoms with Gasteiger partial charge in [0.1, 0.15) is 10.8 Å². The zero-order valence-electron chi connectivity index (χ0n) is 15.1. The lowest BCUT2D eigenvalue weighted by Crippen LogP contribution is -2.46. The fraction of sp³-hybridized carbons (Fsp3) is 0.556. The van der Waals surface area contributed by atoms with Crippen molar-refractivity contribution < 1.29 is 9.53 Å². The molecule has 2 aromatic rings. The Labute approximate surface area is 164 Å². The van der Waals surface area contributed by atoms with E-state index in [2.05, 4.69) is 10.2 Å². The summed E-state index contributed by atoms with van der Waals surface area (Å²) in [5.74, 6) is 0.904. The van der Waals surface area contributed by atoms with Crippen LogP contribution < -0.4 is 15.8 Å². The van der Waals surface area contributed by atoms with E-state index in [9.17, 15) is 4.79 Å². The van der Waals surface area contributed by atoms with Crippen LogP contribution in [0.3, 0.4) is 0 Å². The molecule has 1 fully saturated rings. The van der Waals surface area contributed by atoms with Gasteiger partial charge in [0.25, 0.3) is 0 Å². The first kappa shape index (κ1) is 20.9. The number of carbonyl (C=O) groups excluding carboxylic acids is 1. The molecule has 1 aliphatic rings. The fourth-order valence-electron chi connectivity index (χ4n) is 3.27. The molecule has 1 saturated heterocycles. The van der Waals surface area contributed by atoms with E-state index in [1.165, 1.54) is 12.8 Å². The van der Waals surface area contributed by atoms with Gasteiger partial charge in [-0.05, 0) is 37.6 Å². The van der Waals surface area contributed by atoms with Crippen molar-refractivity contribution in [3.05, 3.63) is 23.2 Å². The molecule has 144 valence electrons. The van der Waals surface area contributed by atoms with E-state index >= 15 is 0 Å². The predicted molar refractivity (Wildman–Crippen MR) is 108 cm³/mol. The van der Waals surface area contributed by atoms with Crippen molar-refractivity contribution in [2.75, 3.05) is 26.7 Å². The minimum atomic E-state index is 0. The van der Waals surface area contributed by atoms with Crippen LogP contribution in [0.2, 0.25) is 0 Å². The van der Waals surface area contributed by atoms with Crippen LogP contribution in [0.5, 0.6) is 5.75 Å².